The minimum atomic E-state index is -0.515. The molecule has 3 N–H and O–H groups in total. The molecule has 108 valence electrons. The van der Waals surface area contributed by atoms with Crippen LogP contribution in [0.25, 0.3) is 0 Å². The number of hydrogen-bond acceptors (Lipinski definition) is 3. The predicted molar refractivity (Wildman–Crippen MR) is 80.5 cm³/mol. The Morgan fingerprint density at radius 2 is 1.67 bits per heavy atom. The number of rotatable bonds is 5. The van der Waals surface area contributed by atoms with Gasteiger partial charge in [-0.1, -0.05) is 11.6 Å². The summed E-state index contributed by atoms with van der Waals surface area (Å²) in [7, 11) is 0. The molecule has 0 radical (unpaired) electrons. The molecule has 2 amide bonds. The van der Waals surface area contributed by atoms with Crippen LogP contribution in [-0.4, -0.2) is 18.4 Å². The molecule has 0 saturated heterocycles. The molecule has 2 aromatic rings. The number of carbonyl (C=O) groups is 2. The molecule has 0 aliphatic rings. The molecule has 0 aromatic heterocycles. The number of nitrogens with two attached hydrogens (primary N) is 1. The zero-order chi connectivity index (χ0) is 15.2. The van der Waals surface area contributed by atoms with Gasteiger partial charge in [-0.3, -0.25) is 9.59 Å². The first kappa shape index (κ1) is 14.9. The summed E-state index contributed by atoms with van der Waals surface area (Å²) in [5, 5.41) is 3.25. The minimum Gasteiger partial charge on any atom is -0.484 e. The minimum absolute atomic E-state index is 0.126. The van der Waals surface area contributed by atoms with E-state index >= 15 is 0 Å². The number of primary amides is 1. The molecule has 2 aromatic carbocycles. The van der Waals surface area contributed by atoms with E-state index in [1.807, 2.05) is 0 Å². The van der Waals surface area contributed by atoms with Crippen LogP contribution < -0.4 is 15.8 Å². The first-order valence-corrected chi connectivity index (χ1v) is 6.50. The third-order valence-corrected chi connectivity index (χ3v) is 2.89. The van der Waals surface area contributed by atoms with Gasteiger partial charge in [0.25, 0.3) is 5.91 Å². The summed E-state index contributed by atoms with van der Waals surface area (Å²) < 4.78 is 5.31. The van der Waals surface area contributed by atoms with E-state index in [0.717, 1.165) is 0 Å². The molecule has 0 unspecified atom stereocenters. The highest BCUT2D eigenvalue weighted by Crippen LogP contribution is 2.15. The van der Waals surface area contributed by atoms with E-state index in [2.05, 4.69) is 5.32 Å². The van der Waals surface area contributed by atoms with Gasteiger partial charge in [-0.25, -0.2) is 0 Å². The molecule has 2 rings (SSSR count). The molecule has 0 aliphatic carbocycles. The van der Waals surface area contributed by atoms with Crippen molar-refractivity contribution in [3.05, 3.63) is 59.1 Å². The van der Waals surface area contributed by atoms with Gasteiger partial charge in [0, 0.05) is 16.3 Å². The maximum Gasteiger partial charge on any atom is 0.262 e. The lowest BCUT2D eigenvalue weighted by molar-refractivity contribution is -0.118. The number of nitrogens with one attached hydrogen (secondary N) is 1. The second-order valence-electron chi connectivity index (χ2n) is 4.23. The van der Waals surface area contributed by atoms with Gasteiger partial charge in [0.2, 0.25) is 5.91 Å². The van der Waals surface area contributed by atoms with Crippen molar-refractivity contribution >= 4 is 29.1 Å². The van der Waals surface area contributed by atoms with Crippen LogP contribution in [0.3, 0.4) is 0 Å². The van der Waals surface area contributed by atoms with Crippen LogP contribution in [0.15, 0.2) is 48.5 Å². The van der Waals surface area contributed by atoms with Gasteiger partial charge < -0.3 is 15.8 Å². The van der Waals surface area contributed by atoms with Crippen molar-refractivity contribution in [2.24, 2.45) is 5.73 Å². The summed E-state index contributed by atoms with van der Waals surface area (Å²) in [6.45, 7) is -0.126. The lowest BCUT2D eigenvalue weighted by Gasteiger charge is -2.08. The van der Waals surface area contributed by atoms with E-state index in [9.17, 15) is 9.59 Å². The highest BCUT2D eigenvalue weighted by molar-refractivity contribution is 6.30. The number of benzene rings is 2. The van der Waals surface area contributed by atoms with Crippen molar-refractivity contribution in [1.29, 1.82) is 0 Å². The van der Waals surface area contributed by atoms with Gasteiger partial charge in [0.05, 0.1) is 0 Å². The summed E-state index contributed by atoms with van der Waals surface area (Å²) in [5.74, 6) is -0.269. The lowest BCUT2D eigenvalue weighted by atomic mass is 10.2. The molecule has 0 atom stereocenters. The van der Waals surface area contributed by atoms with Crippen LogP contribution in [-0.2, 0) is 4.79 Å². The Bertz CT molecular complexity index is 639. The first-order chi connectivity index (χ1) is 10.0. The van der Waals surface area contributed by atoms with Crippen LogP contribution in [0.5, 0.6) is 5.75 Å². The first-order valence-electron chi connectivity index (χ1n) is 6.12. The average Bonchev–Trinajstić information content (AvgIpc) is 2.47. The third-order valence-electron chi connectivity index (χ3n) is 2.64. The normalized spacial score (nSPS) is 9.95. The highest BCUT2D eigenvalue weighted by atomic mass is 35.5. The fourth-order valence-corrected chi connectivity index (χ4v) is 1.72. The number of hydrogen-bond donors (Lipinski definition) is 2. The predicted octanol–water partition coefficient (Wildman–Crippen LogP) is 2.46. The second kappa shape index (κ2) is 6.76. The number of carbonyl (C=O) groups excluding carboxylic acids is 2. The SMILES string of the molecule is NC(=O)c1ccc(NC(=O)COc2ccc(Cl)cc2)cc1. The molecule has 0 heterocycles. The summed E-state index contributed by atoms with van der Waals surface area (Å²) >= 11 is 5.75. The number of amides is 2. The Balaban J connectivity index is 1.86. The molecule has 5 nitrogen and oxygen atoms in total. The van der Waals surface area contributed by atoms with E-state index < -0.39 is 5.91 Å². The van der Waals surface area contributed by atoms with Crippen molar-refractivity contribution < 1.29 is 14.3 Å². The van der Waals surface area contributed by atoms with E-state index in [4.69, 9.17) is 22.1 Å². The summed E-state index contributed by atoms with van der Waals surface area (Å²) in [5.41, 5.74) is 6.07. The van der Waals surface area contributed by atoms with Crippen molar-refractivity contribution in [3.8, 4) is 5.75 Å². The van der Waals surface area contributed by atoms with E-state index in [1.165, 1.54) is 12.1 Å². The number of halogens is 1. The van der Waals surface area contributed by atoms with Crippen molar-refractivity contribution in [3.63, 3.8) is 0 Å². The molecule has 21 heavy (non-hydrogen) atoms. The quantitative estimate of drug-likeness (QED) is 0.890. The van der Waals surface area contributed by atoms with Crippen LogP contribution >= 0.6 is 11.6 Å². The second-order valence-corrected chi connectivity index (χ2v) is 4.67. The topological polar surface area (TPSA) is 81.4 Å². The van der Waals surface area contributed by atoms with Gasteiger partial charge in [0.15, 0.2) is 6.61 Å². The molecule has 0 saturated carbocycles. The monoisotopic (exact) mass is 304 g/mol. The average molecular weight is 305 g/mol. The highest BCUT2D eigenvalue weighted by Gasteiger charge is 2.05. The molecule has 6 heteroatoms. The van der Waals surface area contributed by atoms with Crippen LogP contribution in [0.1, 0.15) is 10.4 Å². The fourth-order valence-electron chi connectivity index (χ4n) is 1.59. The van der Waals surface area contributed by atoms with E-state index in [1.54, 1.807) is 36.4 Å². The smallest absolute Gasteiger partial charge is 0.262 e. The molecule has 0 fully saturated rings. The Morgan fingerprint density at radius 3 is 2.24 bits per heavy atom. The third kappa shape index (κ3) is 4.50. The van der Waals surface area contributed by atoms with Gasteiger partial charge in [0.1, 0.15) is 5.75 Å². The van der Waals surface area contributed by atoms with Crippen molar-refractivity contribution in [1.82, 2.24) is 0 Å². The van der Waals surface area contributed by atoms with Gasteiger partial charge >= 0.3 is 0 Å². The van der Waals surface area contributed by atoms with Crippen LogP contribution in [0, 0.1) is 0 Å². The summed E-state index contributed by atoms with van der Waals surface area (Å²) in [6.07, 6.45) is 0. The molecular formula is C15H13ClN2O3. The van der Waals surface area contributed by atoms with E-state index in [0.29, 0.717) is 22.0 Å². The van der Waals surface area contributed by atoms with Crippen molar-refractivity contribution in [2.75, 3.05) is 11.9 Å². The zero-order valence-corrected chi connectivity index (χ0v) is 11.8. The van der Waals surface area contributed by atoms with Gasteiger partial charge in [-0.15, -0.1) is 0 Å². The maximum atomic E-state index is 11.7. The standard InChI is InChI=1S/C15H13ClN2O3/c16-11-3-7-13(8-4-11)21-9-14(19)18-12-5-1-10(2-6-12)15(17)20/h1-8H,9H2,(H2,17,20)(H,18,19). The molecule has 0 aliphatic heterocycles. The van der Waals surface area contributed by atoms with Crippen LogP contribution in [0.4, 0.5) is 5.69 Å². The summed E-state index contributed by atoms with van der Waals surface area (Å²) in [6, 6.07) is 13.0. The number of ether oxygens (including phenoxy) is 1. The number of anilines is 1. The maximum absolute atomic E-state index is 11.7. The Morgan fingerprint density at radius 1 is 1.05 bits per heavy atom. The van der Waals surface area contributed by atoms with Crippen LogP contribution in [0.2, 0.25) is 5.02 Å². The Hall–Kier alpha value is -2.53. The molecular weight excluding hydrogens is 292 g/mol. The lowest BCUT2D eigenvalue weighted by Crippen LogP contribution is -2.20. The van der Waals surface area contributed by atoms with Crippen molar-refractivity contribution in [2.45, 2.75) is 0 Å². The fraction of sp³-hybridized carbons (Fsp3) is 0.0667. The zero-order valence-electron chi connectivity index (χ0n) is 11.0. The molecule has 0 spiro atoms. The Labute approximate surface area is 126 Å². The summed E-state index contributed by atoms with van der Waals surface area (Å²) in [4.78, 5) is 22.6. The van der Waals surface area contributed by atoms with Gasteiger partial charge in [-0.05, 0) is 48.5 Å². The largest absolute Gasteiger partial charge is 0.484 e. The molecule has 0 bridgehead atoms. The Kier molecular flexibility index (Phi) is 4.79. The van der Waals surface area contributed by atoms with Gasteiger partial charge in [-0.2, -0.15) is 0 Å². The van der Waals surface area contributed by atoms with E-state index in [-0.39, 0.29) is 12.5 Å².